The molecule has 14 heavy (non-hydrogen) atoms. The van der Waals surface area contributed by atoms with E-state index in [1.54, 1.807) is 0 Å². The van der Waals surface area contributed by atoms with Gasteiger partial charge in [-0.15, -0.1) is 0 Å². The Labute approximate surface area is 79.8 Å². The van der Waals surface area contributed by atoms with Crippen LogP contribution >= 0.6 is 0 Å². The highest BCUT2D eigenvalue weighted by molar-refractivity contribution is 5.16. The fourth-order valence-electron chi connectivity index (χ4n) is 0.742. The molecule has 0 aromatic carbocycles. The second kappa shape index (κ2) is 4.93. The topological polar surface area (TPSA) is 12.9 Å². The maximum absolute atomic E-state index is 12.6. The molecular formula is C9H11F4N. The number of hydrogen-bond donors (Lipinski definition) is 0. The molecule has 0 aliphatic rings. The Morgan fingerprint density at radius 2 is 1.71 bits per heavy atom. The molecule has 0 aliphatic heterocycles. The highest BCUT2D eigenvalue weighted by atomic mass is 19.4. The van der Waals surface area contributed by atoms with Crippen molar-refractivity contribution in [2.45, 2.75) is 26.9 Å². The van der Waals surface area contributed by atoms with E-state index in [9.17, 15) is 17.6 Å². The van der Waals surface area contributed by atoms with E-state index < -0.39 is 17.7 Å². The van der Waals surface area contributed by atoms with E-state index in [2.05, 4.69) is 4.98 Å². The van der Waals surface area contributed by atoms with Gasteiger partial charge in [-0.2, -0.15) is 13.2 Å². The monoisotopic (exact) mass is 209 g/mol. The molecule has 0 amide bonds. The number of aromatic nitrogens is 1. The highest BCUT2D eigenvalue weighted by Crippen LogP contribution is 2.29. The van der Waals surface area contributed by atoms with Gasteiger partial charge >= 0.3 is 6.18 Å². The molecule has 0 atom stereocenters. The Kier molecular flexibility index (Phi) is 4.53. The van der Waals surface area contributed by atoms with Crippen molar-refractivity contribution in [1.82, 2.24) is 4.98 Å². The van der Waals surface area contributed by atoms with Crippen molar-refractivity contribution < 1.29 is 17.6 Å². The van der Waals surface area contributed by atoms with Gasteiger partial charge in [0.05, 0.1) is 0 Å². The van der Waals surface area contributed by atoms with Crippen LogP contribution < -0.4 is 0 Å². The molecule has 0 bridgehead atoms. The van der Waals surface area contributed by atoms with E-state index in [1.807, 2.05) is 13.8 Å². The van der Waals surface area contributed by atoms with E-state index in [0.29, 0.717) is 5.56 Å². The minimum Gasteiger partial charge on any atom is -0.249 e. The van der Waals surface area contributed by atoms with Crippen molar-refractivity contribution in [3.63, 3.8) is 0 Å². The summed E-state index contributed by atoms with van der Waals surface area (Å²) in [5.41, 5.74) is -1.10. The van der Waals surface area contributed by atoms with Gasteiger partial charge in [0.2, 0.25) is 0 Å². The molecule has 5 heteroatoms. The minimum absolute atomic E-state index is 0.362. The summed E-state index contributed by atoms with van der Waals surface area (Å²) in [7, 11) is 0. The van der Waals surface area contributed by atoms with Gasteiger partial charge in [-0.1, -0.05) is 13.8 Å². The molecule has 0 saturated heterocycles. The zero-order valence-corrected chi connectivity index (χ0v) is 8.11. The van der Waals surface area contributed by atoms with Crippen LogP contribution in [-0.4, -0.2) is 4.98 Å². The predicted octanol–water partition coefficient (Wildman–Crippen LogP) is 3.57. The molecule has 0 radical (unpaired) electrons. The van der Waals surface area contributed by atoms with Crippen molar-refractivity contribution in [3.05, 3.63) is 29.3 Å². The lowest BCUT2D eigenvalue weighted by molar-refractivity contribution is -0.143. The van der Waals surface area contributed by atoms with Gasteiger partial charge in [-0.25, -0.2) is 9.37 Å². The second-order valence-corrected chi connectivity index (χ2v) is 2.34. The summed E-state index contributed by atoms with van der Waals surface area (Å²) in [6.07, 6.45) is -3.73. The number of hydrogen-bond acceptors (Lipinski definition) is 1. The van der Waals surface area contributed by atoms with Crippen LogP contribution in [0, 0.1) is 12.7 Å². The molecule has 1 rings (SSSR count). The van der Waals surface area contributed by atoms with Gasteiger partial charge in [0, 0.05) is 6.20 Å². The first kappa shape index (κ1) is 12.9. The van der Waals surface area contributed by atoms with Crippen molar-refractivity contribution in [2.75, 3.05) is 0 Å². The third-order valence-electron chi connectivity index (χ3n) is 1.25. The van der Waals surface area contributed by atoms with Crippen LogP contribution in [0.5, 0.6) is 0 Å². The fourth-order valence-corrected chi connectivity index (χ4v) is 0.742. The molecule has 1 nitrogen and oxygen atoms in total. The van der Waals surface area contributed by atoms with E-state index in [-0.39, 0.29) is 0 Å². The number of nitrogens with zero attached hydrogens (tertiary/aromatic N) is 1. The summed E-state index contributed by atoms with van der Waals surface area (Å²) < 4.78 is 48.2. The average Bonchev–Trinajstić information content (AvgIpc) is 2.05. The summed E-state index contributed by atoms with van der Waals surface area (Å²) in [6.45, 7) is 5.47. The number of alkyl halides is 3. The second-order valence-electron chi connectivity index (χ2n) is 2.34. The van der Waals surface area contributed by atoms with Crippen LogP contribution in [0.1, 0.15) is 25.1 Å². The maximum atomic E-state index is 12.6. The molecular weight excluding hydrogens is 198 g/mol. The molecule has 0 saturated carbocycles. The quantitative estimate of drug-likeness (QED) is 0.595. The lowest BCUT2D eigenvalue weighted by atomic mass is 10.2. The summed E-state index contributed by atoms with van der Waals surface area (Å²) in [5, 5.41) is 0. The van der Waals surface area contributed by atoms with Crippen LogP contribution in [0.15, 0.2) is 12.3 Å². The predicted molar refractivity (Wildman–Crippen MR) is 45.3 cm³/mol. The molecule has 0 N–H and O–H groups in total. The number of rotatable bonds is 0. The lowest BCUT2D eigenvalue weighted by Crippen LogP contribution is -2.10. The smallest absolute Gasteiger partial charge is 0.249 e. The van der Waals surface area contributed by atoms with E-state index in [1.165, 1.54) is 6.92 Å². The van der Waals surface area contributed by atoms with Crippen LogP contribution in [0.25, 0.3) is 0 Å². The van der Waals surface area contributed by atoms with E-state index in [0.717, 1.165) is 12.3 Å². The summed E-state index contributed by atoms with van der Waals surface area (Å²) in [4.78, 5) is 2.95. The molecule has 1 heterocycles. The number of aryl methyl sites for hydroxylation is 1. The van der Waals surface area contributed by atoms with Gasteiger partial charge in [0.25, 0.3) is 0 Å². The van der Waals surface area contributed by atoms with Crippen molar-refractivity contribution in [1.29, 1.82) is 0 Å². The number of halogens is 4. The van der Waals surface area contributed by atoms with Gasteiger partial charge in [-0.05, 0) is 18.6 Å². The maximum Gasteiger partial charge on any atom is 0.436 e. The Morgan fingerprint density at radius 1 is 1.21 bits per heavy atom. The normalized spacial score (nSPS) is 10.5. The zero-order valence-electron chi connectivity index (χ0n) is 8.11. The molecule has 1 aromatic rings. The van der Waals surface area contributed by atoms with Crippen molar-refractivity contribution >= 4 is 0 Å². The third kappa shape index (κ3) is 3.32. The Morgan fingerprint density at radius 3 is 2.07 bits per heavy atom. The first-order chi connectivity index (χ1) is 6.41. The standard InChI is InChI=1S/C7H5F4N.C2H6/c1-4-2-5(8)6(12-3-4)7(9,10)11;1-2/h2-3H,1H3;1-2H3. The van der Waals surface area contributed by atoms with Crippen LogP contribution in [0.2, 0.25) is 0 Å². The summed E-state index contributed by atoms with van der Waals surface area (Å²) in [5.74, 6) is -1.33. The van der Waals surface area contributed by atoms with Crippen LogP contribution in [-0.2, 0) is 6.18 Å². The first-order valence-electron chi connectivity index (χ1n) is 4.10. The van der Waals surface area contributed by atoms with Gasteiger partial charge in [0.15, 0.2) is 11.5 Å². The fraction of sp³-hybridized carbons (Fsp3) is 0.444. The summed E-state index contributed by atoms with van der Waals surface area (Å²) >= 11 is 0. The van der Waals surface area contributed by atoms with Crippen LogP contribution in [0.3, 0.4) is 0 Å². The molecule has 0 unspecified atom stereocenters. The lowest BCUT2D eigenvalue weighted by Gasteiger charge is -2.06. The molecule has 0 fully saturated rings. The molecule has 1 aromatic heterocycles. The van der Waals surface area contributed by atoms with Crippen molar-refractivity contribution in [2.24, 2.45) is 0 Å². The largest absolute Gasteiger partial charge is 0.436 e. The SMILES string of the molecule is CC.Cc1cnc(C(F)(F)F)c(F)c1. The first-order valence-corrected chi connectivity index (χ1v) is 4.10. The Balaban J connectivity index is 0.000000791. The van der Waals surface area contributed by atoms with Gasteiger partial charge in [-0.3, -0.25) is 0 Å². The van der Waals surface area contributed by atoms with Gasteiger partial charge in [0.1, 0.15) is 0 Å². The minimum atomic E-state index is -4.71. The third-order valence-corrected chi connectivity index (χ3v) is 1.25. The molecule has 0 spiro atoms. The van der Waals surface area contributed by atoms with E-state index in [4.69, 9.17) is 0 Å². The summed E-state index contributed by atoms with van der Waals surface area (Å²) in [6, 6.07) is 0.801. The number of pyridine rings is 1. The highest BCUT2D eigenvalue weighted by Gasteiger charge is 2.35. The van der Waals surface area contributed by atoms with Gasteiger partial charge < -0.3 is 0 Å². The van der Waals surface area contributed by atoms with Crippen LogP contribution in [0.4, 0.5) is 17.6 Å². The molecule has 0 aliphatic carbocycles. The van der Waals surface area contributed by atoms with Crippen molar-refractivity contribution in [3.8, 4) is 0 Å². The molecule has 80 valence electrons. The average molecular weight is 209 g/mol. The zero-order chi connectivity index (χ0) is 11.4. The Hall–Kier alpha value is -1.13. The Bertz CT molecular complexity index is 293. The van der Waals surface area contributed by atoms with E-state index >= 15 is 0 Å².